The highest BCUT2D eigenvalue weighted by atomic mass is 19.1. The van der Waals surface area contributed by atoms with Crippen LogP contribution in [0.25, 0.3) is 5.69 Å². The van der Waals surface area contributed by atoms with Crippen LogP contribution in [0.4, 0.5) is 4.39 Å². The zero-order chi connectivity index (χ0) is 18.9. The van der Waals surface area contributed by atoms with Gasteiger partial charge in [-0.3, -0.25) is 0 Å². The minimum Gasteiger partial charge on any atom is -0.357 e. The van der Waals surface area contributed by atoms with Crippen LogP contribution in [0.5, 0.6) is 0 Å². The first kappa shape index (κ1) is 18.6. The molecule has 140 valence electrons. The Balaban J connectivity index is 1.56. The second-order valence-electron chi connectivity index (χ2n) is 6.08. The Morgan fingerprint density at radius 2 is 1.89 bits per heavy atom. The van der Waals surface area contributed by atoms with Crippen molar-refractivity contribution in [2.75, 3.05) is 13.1 Å². The number of rotatable bonds is 7. The Labute approximate surface area is 159 Å². The predicted octanol–water partition coefficient (Wildman–Crippen LogP) is 3.31. The van der Waals surface area contributed by atoms with Gasteiger partial charge < -0.3 is 10.6 Å². The molecule has 0 amide bonds. The fourth-order valence-corrected chi connectivity index (χ4v) is 2.70. The molecular weight excluding hydrogens is 341 g/mol. The molecule has 3 rings (SSSR count). The summed E-state index contributed by atoms with van der Waals surface area (Å²) in [5.74, 6) is 0.559. The quantitative estimate of drug-likeness (QED) is 0.499. The number of benzene rings is 2. The second-order valence-corrected chi connectivity index (χ2v) is 6.08. The summed E-state index contributed by atoms with van der Waals surface area (Å²) in [4.78, 5) is 4.61. The van der Waals surface area contributed by atoms with Gasteiger partial charge in [-0.2, -0.15) is 5.10 Å². The number of aliphatic imine (C=N–C) groups is 1. The molecule has 0 aliphatic heterocycles. The van der Waals surface area contributed by atoms with Crippen molar-refractivity contribution in [3.8, 4) is 5.69 Å². The Bertz CT molecular complexity index is 857. The SMILES string of the molecule is CCNC(=NCc1ccc(-n2cccn2)cc1)NCCc1ccccc1F. The molecule has 0 atom stereocenters. The lowest BCUT2D eigenvalue weighted by atomic mass is 10.1. The number of nitrogens with zero attached hydrogens (tertiary/aromatic N) is 3. The van der Waals surface area contributed by atoms with Crippen LogP contribution < -0.4 is 10.6 Å². The van der Waals surface area contributed by atoms with E-state index in [0.717, 1.165) is 23.8 Å². The maximum absolute atomic E-state index is 13.7. The lowest BCUT2D eigenvalue weighted by molar-refractivity contribution is 0.606. The van der Waals surface area contributed by atoms with Crippen molar-refractivity contribution < 1.29 is 4.39 Å². The first-order valence-electron chi connectivity index (χ1n) is 9.11. The third-order valence-electron chi connectivity index (χ3n) is 4.11. The molecule has 5 nitrogen and oxygen atoms in total. The summed E-state index contributed by atoms with van der Waals surface area (Å²) in [5, 5.41) is 10.7. The molecule has 0 fully saturated rings. The molecule has 0 aliphatic carbocycles. The molecule has 6 heteroatoms. The molecule has 0 aliphatic rings. The fourth-order valence-electron chi connectivity index (χ4n) is 2.70. The number of hydrogen-bond donors (Lipinski definition) is 2. The molecule has 0 saturated carbocycles. The van der Waals surface area contributed by atoms with Crippen LogP contribution in [-0.2, 0) is 13.0 Å². The van der Waals surface area contributed by atoms with Gasteiger partial charge in [0.05, 0.1) is 12.2 Å². The van der Waals surface area contributed by atoms with Gasteiger partial charge in [0.1, 0.15) is 5.82 Å². The van der Waals surface area contributed by atoms with Gasteiger partial charge in [0.15, 0.2) is 5.96 Å². The lowest BCUT2D eigenvalue weighted by Crippen LogP contribution is -2.38. The maximum Gasteiger partial charge on any atom is 0.191 e. The number of aromatic nitrogens is 2. The van der Waals surface area contributed by atoms with E-state index in [0.29, 0.717) is 25.1 Å². The molecule has 0 spiro atoms. The zero-order valence-corrected chi connectivity index (χ0v) is 15.4. The van der Waals surface area contributed by atoms with E-state index in [4.69, 9.17) is 0 Å². The van der Waals surface area contributed by atoms with Crippen LogP contribution >= 0.6 is 0 Å². The molecule has 0 radical (unpaired) electrons. The van der Waals surface area contributed by atoms with Crippen LogP contribution in [-0.4, -0.2) is 28.8 Å². The predicted molar refractivity (Wildman–Crippen MR) is 106 cm³/mol. The summed E-state index contributed by atoms with van der Waals surface area (Å²) in [7, 11) is 0. The summed E-state index contributed by atoms with van der Waals surface area (Å²) < 4.78 is 15.5. The molecule has 2 N–H and O–H groups in total. The first-order chi connectivity index (χ1) is 13.3. The number of nitrogens with one attached hydrogen (secondary N) is 2. The van der Waals surface area contributed by atoms with Crippen LogP contribution in [0.15, 0.2) is 72.0 Å². The number of hydrogen-bond acceptors (Lipinski definition) is 2. The average Bonchev–Trinajstić information content (AvgIpc) is 3.23. The third kappa shape index (κ3) is 5.41. The molecule has 2 aromatic carbocycles. The smallest absolute Gasteiger partial charge is 0.191 e. The van der Waals surface area contributed by atoms with E-state index in [-0.39, 0.29) is 5.82 Å². The normalized spacial score (nSPS) is 11.4. The Hall–Kier alpha value is -3.15. The van der Waals surface area contributed by atoms with E-state index in [2.05, 4.69) is 20.7 Å². The van der Waals surface area contributed by atoms with Gasteiger partial charge in [-0.25, -0.2) is 14.1 Å². The molecule has 0 bridgehead atoms. The topological polar surface area (TPSA) is 54.2 Å². The van der Waals surface area contributed by atoms with Crippen molar-refractivity contribution in [1.82, 2.24) is 20.4 Å². The highest BCUT2D eigenvalue weighted by molar-refractivity contribution is 5.79. The number of halogens is 1. The van der Waals surface area contributed by atoms with Crippen LogP contribution in [0.2, 0.25) is 0 Å². The van der Waals surface area contributed by atoms with Crippen LogP contribution in [0.1, 0.15) is 18.1 Å². The highest BCUT2D eigenvalue weighted by Gasteiger charge is 2.02. The van der Waals surface area contributed by atoms with E-state index in [1.807, 2.05) is 60.3 Å². The second kappa shape index (κ2) is 9.52. The summed E-state index contributed by atoms with van der Waals surface area (Å²) in [6.07, 6.45) is 4.28. The monoisotopic (exact) mass is 365 g/mol. The van der Waals surface area contributed by atoms with Crippen molar-refractivity contribution in [2.24, 2.45) is 4.99 Å². The Morgan fingerprint density at radius 3 is 2.59 bits per heavy atom. The molecule has 27 heavy (non-hydrogen) atoms. The van der Waals surface area contributed by atoms with Gasteiger partial charge in [0.2, 0.25) is 0 Å². The van der Waals surface area contributed by atoms with Gasteiger partial charge in [0, 0.05) is 25.5 Å². The van der Waals surface area contributed by atoms with Gasteiger partial charge >= 0.3 is 0 Å². The third-order valence-corrected chi connectivity index (χ3v) is 4.11. The summed E-state index contributed by atoms with van der Waals surface area (Å²) >= 11 is 0. The highest BCUT2D eigenvalue weighted by Crippen LogP contribution is 2.09. The van der Waals surface area contributed by atoms with E-state index >= 15 is 0 Å². The van der Waals surface area contributed by atoms with Crippen LogP contribution in [0, 0.1) is 5.82 Å². The van der Waals surface area contributed by atoms with E-state index < -0.39 is 0 Å². The molecular formula is C21H24FN5. The van der Waals surface area contributed by atoms with Crippen molar-refractivity contribution in [2.45, 2.75) is 19.9 Å². The number of guanidine groups is 1. The van der Waals surface area contributed by atoms with Crippen molar-refractivity contribution in [3.05, 3.63) is 83.9 Å². The molecule has 0 saturated heterocycles. The standard InChI is InChI=1S/C21H24FN5/c1-2-23-21(24-14-12-18-6-3-4-7-20(18)22)25-16-17-8-10-19(11-9-17)27-15-5-13-26-27/h3-11,13,15H,2,12,14,16H2,1H3,(H2,23,24,25). The molecule has 0 unspecified atom stereocenters. The molecule has 1 heterocycles. The Morgan fingerprint density at radius 1 is 1.07 bits per heavy atom. The van der Waals surface area contributed by atoms with Gasteiger partial charge in [-0.05, 0) is 48.7 Å². The van der Waals surface area contributed by atoms with Crippen molar-refractivity contribution >= 4 is 5.96 Å². The minimum atomic E-state index is -0.168. The Kier molecular flexibility index (Phi) is 6.57. The lowest BCUT2D eigenvalue weighted by Gasteiger charge is -2.12. The summed E-state index contributed by atoms with van der Waals surface area (Å²) in [6, 6.07) is 16.9. The van der Waals surface area contributed by atoms with E-state index in [1.165, 1.54) is 6.07 Å². The van der Waals surface area contributed by atoms with Crippen molar-refractivity contribution in [1.29, 1.82) is 0 Å². The first-order valence-corrected chi connectivity index (χ1v) is 9.11. The fraction of sp³-hybridized carbons (Fsp3) is 0.238. The summed E-state index contributed by atoms with van der Waals surface area (Å²) in [6.45, 7) is 3.97. The molecule has 3 aromatic rings. The maximum atomic E-state index is 13.7. The van der Waals surface area contributed by atoms with Gasteiger partial charge in [-0.15, -0.1) is 0 Å². The average molecular weight is 365 g/mol. The van der Waals surface area contributed by atoms with E-state index in [9.17, 15) is 4.39 Å². The van der Waals surface area contributed by atoms with Crippen molar-refractivity contribution in [3.63, 3.8) is 0 Å². The van der Waals surface area contributed by atoms with Gasteiger partial charge in [-0.1, -0.05) is 30.3 Å². The largest absolute Gasteiger partial charge is 0.357 e. The summed E-state index contributed by atoms with van der Waals surface area (Å²) in [5.41, 5.74) is 2.83. The van der Waals surface area contributed by atoms with E-state index in [1.54, 1.807) is 12.3 Å². The molecule has 1 aromatic heterocycles. The minimum absolute atomic E-state index is 0.168. The van der Waals surface area contributed by atoms with Crippen LogP contribution in [0.3, 0.4) is 0 Å². The zero-order valence-electron chi connectivity index (χ0n) is 15.4. The van der Waals surface area contributed by atoms with Gasteiger partial charge in [0.25, 0.3) is 0 Å².